The molecule has 282 valence electrons. The van der Waals surface area contributed by atoms with Crippen molar-refractivity contribution in [3.8, 4) is 11.4 Å². The second-order valence-electron chi connectivity index (χ2n) is 14.5. The maximum absolute atomic E-state index is 13.4. The van der Waals surface area contributed by atoms with Crippen molar-refractivity contribution < 1.29 is 32.7 Å². The molecule has 1 fully saturated rings. The van der Waals surface area contributed by atoms with E-state index in [9.17, 15) is 32.7 Å². The smallest absolute Gasteiger partial charge is 0.416 e. The molecule has 54 heavy (non-hydrogen) atoms. The summed E-state index contributed by atoms with van der Waals surface area (Å²) < 4.78 is 40.0. The van der Waals surface area contributed by atoms with E-state index >= 15 is 0 Å². The van der Waals surface area contributed by atoms with Gasteiger partial charge in [-0.25, -0.2) is 9.97 Å². The van der Waals surface area contributed by atoms with Crippen LogP contribution >= 0.6 is 0 Å². The average Bonchev–Trinajstić information content (AvgIpc) is 3.18. The lowest BCUT2D eigenvalue weighted by Gasteiger charge is -2.35. The minimum absolute atomic E-state index is 0.0253. The van der Waals surface area contributed by atoms with Crippen molar-refractivity contribution in [2.75, 3.05) is 11.9 Å². The largest absolute Gasteiger partial charge is 0.480 e. The number of carboxylic acids is 1. The number of amides is 2. The molecule has 1 heterocycles. The molecule has 4 aromatic rings. The van der Waals surface area contributed by atoms with Gasteiger partial charge in [0.05, 0.1) is 12.0 Å². The number of rotatable bonds is 12. The molecule has 0 saturated heterocycles. The summed E-state index contributed by atoms with van der Waals surface area (Å²) in [5, 5.41) is 12.1. The van der Waals surface area contributed by atoms with Crippen molar-refractivity contribution >= 4 is 29.0 Å². The van der Waals surface area contributed by atoms with Crippen LogP contribution in [0.25, 0.3) is 17.0 Å². The lowest BCUT2D eigenvalue weighted by Crippen LogP contribution is -2.35. The summed E-state index contributed by atoms with van der Waals surface area (Å²) >= 11 is 0. The fourth-order valence-corrected chi connectivity index (χ4v) is 7.81. The van der Waals surface area contributed by atoms with Crippen LogP contribution in [-0.2, 0) is 28.7 Å². The van der Waals surface area contributed by atoms with Crippen LogP contribution in [0.5, 0.6) is 0 Å². The lowest BCUT2D eigenvalue weighted by atomic mass is 9.71. The Morgan fingerprint density at radius 3 is 2.15 bits per heavy atom. The first-order valence-electron chi connectivity index (χ1n) is 18.6. The van der Waals surface area contributed by atoms with E-state index in [0.717, 1.165) is 47.8 Å². The summed E-state index contributed by atoms with van der Waals surface area (Å²) in [4.78, 5) is 48.1. The first kappa shape index (κ1) is 38.4. The SMILES string of the molecule is CC[C@H]1CC[C@H](C2CC=C(c3cnc(-c4ccc(CN(CC(=O)O)C(=O)c5ccc(NC(=O)Cc6ccccc6C(F)(F)F)cc5)cc4)nc3)CC2)CC1. The molecular weight excluding hydrogens is 693 g/mol. The zero-order chi connectivity index (χ0) is 38.2. The van der Waals surface area contributed by atoms with E-state index in [1.54, 1.807) is 0 Å². The molecule has 11 heteroatoms. The summed E-state index contributed by atoms with van der Waals surface area (Å²) in [6.45, 7) is 1.79. The van der Waals surface area contributed by atoms with E-state index in [2.05, 4.69) is 28.3 Å². The van der Waals surface area contributed by atoms with Gasteiger partial charge in [0.25, 0.3) is 5.91 Å². The molecule has 3 aromatic carbocycles. The van der Waals surface area contributed by atoms with Crippen LogP contribution in [0.4, 0.5) is 18.9 Å². The van der Waals surface area contributed by atoms with Crippen LogP contribution < -0.4 is 5.32 Å². The van der Waals surface area contributed by atoms with Crippen molar-refractivity contribution in [1.29, 1.82) is 0 Å². The van der Waals surface area contributed by atoms with Crippen molar-refractivity contribution in [2.45, 2.75) is 77.4 Å². The standard InChI is InChI=1S/C43H45F3N4O4/c1-2-28-7-11-30(12-8-28)31-15-17-32(18-16-31)36-24-47-41(48-25-36)33-13-9-29(10-14-33)26-50(27-40(52)53)42(54)34-19-21-37(22-20-34)49-39(51)23-35-5-3-4-6-38(35)43(44,45)46/h3-6,9-10,13-14,17,19-22,24-25,28,30-31H,2,7-8,11-12,15-16,18,23,26-27H2,1H3,(H,49,51)(H,52,53)/t28-,30-,31?. The molecule has 1 atom stereocenters. The zero-order valence-electron chi connectivity index (χ0n) is 30.3. The Bertz CT molecular complexity index is 1950. The molecule has 1 saturated carbocycles. The predicted octanol–water partition coefficient (Wildman–Crippen LogP) is 9.47. The summed E-state index contributed by atoms with van der Waals surface area (Å²) in [6.07, 6.45) is 11.2. The Balaban J connectivity index is 1.04. The molecule has 0 radical (unpaired) electrons. The van der Waals surface area contributed by atoms with Crippen molar-refractivity contribution in [2.24, 2.45) is 17.8 Å². The van der Waals surface area contributed by atoms with Gasteiger partial charge in [-0.1, -0.05) is 74.7 Å². The number of nitrogens with one attached hydrogen (secondary N) is 1. The third-order valence-electron chi connectivity index (χ3n) is 10.9. The van der Waals surface area contributed by atoms with Gasteiger partial charge in [-0.15, -0.1) is 0 Å². The molecule has 1 aromatic heterocycles. The fraction of sp³-hybridized carbons (Fsp3) is 0.372. The molecular formula is C43H45F3N4O4. The first-order chi connectivity index (χ1) is 26.0. The number of benzene rings is 3. The number of allylic oxidation sites excluding steroid dienone is 2. The Morgan fingerprint density at radius 2 is 1.54 bits per heavy atom. The van der Waals surface area contributed by atoms with E-state index in [0.29, 0.717) is 11.4 Å². The van der Waals surface area contributed by atoms with E-state index in [1.165, 1.54) is 91.5 Å². The van der Waals surface area contributed by atoms with Gasteiger partial charge < -0.3 is 15.3 Å². The number of hydrogen-bond donors (Lipinski definition) is 2. The highest BCUT2D eigenvalue weighted by atomic mass is 19.4. The minimum atomic E-state index is -4.59. The van der Waals surface area contributed by atoms with Crippen molar-refractivity contribution in [3.63, 3.8) is 0 Å². The van der Waals surface area contributed by atoms with Gasteiger partial charge >= 0.3 is 12.1 Å². The van der Waals surface area contributed by atoms with Crippen molar-refractivity contribution in [3.05, 3.63) is 119 Å². The second-order valence-corrected chi connectivity index (χ2v) is 14.5. The number of aliphatic carboxylic acids is 1. The molecule has 2 aliphatic rings. The molecule has 6 rings (SSSR count). The predicted molar refractivity (Wildman–Crippen MR) is 201 cm³/mol. The third kappa shape index (κ3) is 9.80. The number of anilines is 1. The first-order valence-corrected chi connectivity index (χ1v) is 18.6. The van der Waals surface area contributed by atoms with E-state index in [1.807, 2.05) is 36.7 Å². The number of carbonyl (C=O) groups is 3. The summed E-state index contributed by atoms with van der Waals surface area (Å²) in [7, 11) is 0. The maximum Gasteiger partial charge on any atom is 0.416 e. The van der Waals surface area contributed by atoms with Gasteiger partial charge in [-0.05, 0) is 96.9 Å². The fourth-order valence-electron chi connectivity index (χ4n) is 7.81. The molecule has 8 nitrogen and oxygen atoms in total. The summed E-state index contributed by atoms with van der Waals surface area (Å²) in [5.41, 5.74) is 3.29. The Morgan fingerprint density at radius 1 is 0.852 bits per heavy atom. The highest BCUT2D eigenvalue weighted by Gasteiger charge is 2.33. The average molecular weight is 739 g/mol. The Labute approximate surface area is 313 Å². The molecule has 0 bridgehead atoms. The highest BCUT2D eigenvalue weighted by molar-refractivity contribution is 5.97. The normalized spacial score (nSPS) is 18.7. The molecule has 1 unspecified atom stereocenters. The van der Waals surface area contributed by atoms with Crippen LogP contribution in [0.2, 0.25) is 0 Å². The van der Waals surface area contributed by atoms with Crippen LogP contribution in [0.3, 0.4) is 0 Å². The quantitative estimate of drug-likeness (QED) is 0.150. The molecule has 2 N–H and O–H groups in total. The number of hydrogen-bond acceptors (Lipinski definition) is 5. The molecule has 2 aliphatic carbocycles. The van der Waals surface area contributed by atoms with Gasteiger partial charge in [0, 0.05) is 41.3 Å². The lowest BCUT2D eigenvalue weighted by molar-refractivity contribution is -0.139. The minimum Gasteiger partial charge on any atom is -0.480 e. The summed E-state index contributed by atoms with van der Waals surface area (Å²) in [5.74, 6) is 0.744. The number of carbonyl (C=O) groups excluding carboxylic acids is 2. The third-order valence-corrected chi connectivity index (χ3v) is 10.9. The second kappa shape index (κ2) is 17.2. The topological polar surface area (TPSA) is 112 Å². The van der Waals surface area contributed by atoms with Crippen molar-refractivity contribution in [1.82, 2.24) is 14.9 Å². The number of nitrogens with zero attached hydrogens (tertiary/aromatic N) is 3. The summed E-state index contributed by atoms with van der Waals surface area (Å²) in [6, 6.07) is 17.9. The molecule has 2 amide bonds. The zero-order valence-corrected chi connectivity index (χ0v) is 30.3. The van der Waals surface area contributed by atoms with Gasteiger partial charge in [0.2, 0.25) is 5.91 Å². The van der Waals surface area contributed by atoms with Crippen LogP contribution in [0.1, 0.15) is 90.9 Å². The molecule has 0 aliphatic heterocycles. The Kier molecular flexibility index (Phi) is 12.2. The van der Waals surface area contributed by atoms with Gasteiger partial charge in [0.1, 0.15) is 6.54 Å². The van der Waals surface area contributed by atoms with Gasteiger partial charge in [0.15, 0.2) is 5.82 Å². The number of carboxylic acid groups (broad SMARTS) is 1. The van der Waals surface area contributed by atoms with Crippen LogP contribution in [0.15, 0.2) is 91.3 Å². The van der Waals surface area contributed by atoms with Crippen LogP contribution in [-0.4, -0.2) is 44.3 Å². The highest BCUT2D eigenvalue weighted by Crippen LogP contribution is 2.41. The number of aromatic nitrogens is 2. The molecule has 0 spiro atoms. The Hall–Kier alpha value is -5.32. The van der Waals surface area contributed by atoms with E-state index < -0.39 is 42.5 Å². The van der Waals surface area contributed by atoms with Gasteiger partial charge in [-0.3, -0.25) is 14.4 Å². The maximum atomic E-state index is 13.4. The van der Waals surface area contributed by atoms with Crippen LogP contribution in [0, 0.1) is 17.8 Å². The monoisotopic (exact) mass is 738 g/mol. The number of halogens is 3. The van der Waals surface area contributed by atoms with E-state index in [-0.39, 0.29) is 23.4 Å². The number of alkyl halides is 3. The van der Waals surface area contributed by atoms with Gasteiger partial charge in [-0.2, -0.15) is 13.2 Å². The van der Waals surface area contributed by atoms with E-state index in [4.69, 9.17) is 0 Å².